The summed E-state index contributed by atoms with van der Waals surface area (Å²) in [4.78, 5) is 0. The van der Waals surface area contributed by atoms with Crippen molar-refractivity contribution in [1.82, 2.24) is 0 Å². The molecule has 0 rings (SSSR count). The Morgan fingerprint density at radius 3 is 0.914 bits per heavy atom. The second kappa shape index (κ2) is 30.1. The Morgan fingerprint density at radius 2 is 0.629 bits per heavy atom. The molecule has 0 saturated heterocycles. The Bertz CT molecular complexity index is 343. The third kappa shape index (κ3) is 30.0. The minimum atomic E-state index is 0.304. The van der Waals surface area contributed by atoms with Crippen molar-refractivity contribution in [2.45, 2.75) is 193 Å². The highest BCUT2D eigenvalue weighted by Gasteiger charge is 2.05. The van der Waals surface area contributed by atoms with Gasteiger partial charge in [-0.25, -0.2) is 0 Å². The molecule has 0 aliphatic heterocycles. The van der Waals surface area contributed by atoms with Crippen LogP contribution in [-0.2, 0) is 4.74 Å². The summed E-state index contributed by atoms with van der Waals surface area (Å²) in [6.45, 7) is 6.17. The first-order valence-electron chi connectivity index (χ1n) is 16.3. The van der Waals surface area contributed by atoms with Crippen LogP contribution in [-0.4, -0.2) is 25.3 Å². The zero-order valence-electron chi connectivity index (χ0n) is 24.5. The zero-order valence-corrected chi connectivity index (χ0v) is 24.5. The van der Waals surface area contributed by atoms with Gasteiger partial charge in [-0.1, -0.05) is 155 Å². The van der Waals surface area contributed by atoms with Crippen LogP contribution >= 0.6 is 0 Å². The number of ether oxygens (including phenoxy) is 1. The van der Waals surface area contributed by atoms with E-state index in [1.54, 1.807) is 0 Å². The SMILES string of the molecule is CCCCCCCCCCCCCC(N)CCOCCC(N)CCCCCCCCCCCCC. The summed E-state index contributed by atoms with van der Waals surface area (Å²) >= 11 is 0. The normalized spacial score (nSPS) is 13.4. The Kier molecular flexibility index (Phi) is 30.0. The van der Waals surface area contributed by atoms with Gasteiger partial charge in [0.15, 0.2) is 0 Å². The van der Waals surface area contributed by atoms with E-state index in [9.17, 15) is 0 Å². The molecular weight excluding hydrogens is 428 g/mol. The van der Waals surface area contributed by atoms with E-state index >= 15 is 0 Å². The van der Waals surface area contributed by atoms with E-state index in [-0.39, 0.29) is 0 Å². The van der Waals surface area contributed by atoms with Gasteiger partial charge in [0.2, 0.25) is 0 Å². The van der Waals surface area contributed by atoms with Gasteiger partial charge in [-0.3, -0.25) is 0 Å². The highest BCUT2D eigenvalue weighted by atomic mass is 16.5. The van der Waals surface area contributed by atoms with Gasteiger partial charge >= 0.3 is 0 Å². The Labute approximate surface area is 222 Å². The predicted molar refractivity (Wildman–Crippen MR) is 158 cm³/mol. The molecule has 0 aliphatic carbocycles. The second-order valence-corrected chi connectivity index (χ2v) is 11.4. The van der Waals surface area contributed by atoms with Crippen molar-refractivity contribution < 1.29 is 4.74 Å². The van der Waals surface area contributed by atoms with E-state index < -0.39 is 0 Å². The Balaban J connectivity index is 3.26. The standard InChI is InChI=1S/C32H68N2O/c1-3-5-7-9-11-13-15-17-19-21-23-25-31(33)27-29-35-30-28-32(34)26-24-22-20-18-16-14-12-10-8-6-4-2/h31-32H,3-30,33-34H2,1-2H3. The molecule has 0 aromatic heterocycles. The minimum Gasteiger partial charge on any atom is -0.381 e. The van der Waals surface area contributed by atoms with E-state index in [1.807, 2.05) is 0 Å². The van der Waals surface area contributed by atoms with E-state index in [2.05, 4.69) is 13.8 Å². The molecule has 0 aromatic carbocycles. The summed E-state index contributed by atoms with van der Waals surface area (Å²) in [5.41, 5.74) is 12.6. The first kappa shape index (κ1) is 34.9. The van der Waals surface area contributed by atoms with Crippen LogP contribution in [0, 0.1) is 0 Å². The van der Waals surface area contributed by atoms with Gasteiger partial charge in [0.1, 0.15) is 0 Å². The molecule has 0 bridgehead atoms. The van der Waals surface area contributed by atoms with E-state index in [0.717, 1.165) is 38.9 Å². The first-order chi connectivity index (χ1) is 17.2. The summed E-state index contributed by atoms with van der Waals surface area (Å²) in [7, 11) is 0. The number of hydrogen-bond acceptors (Lipinski definition) is 3. The fraction of sp³-hybridized carbons (Fsp3) is 1.00. The van der Waals surface area contributed by atoms with Gasteiger partial charge in [-0.05, 0) is 25.7 Å². The monoisotopic (exact) mass is 497 g/mol. The third-order valence-electron chi connectivity index (χ3n) is 7.62. The van der Waals surface area contributed by atoms with Crippen LogP contribution in [0.1, 0.15) is 181 Å². The number of hydrogen-bond donors (Lipinski definition) is 2. The van der Waals surface area contributed by atoms with Crippen LogP contribution in [0.5, 0.6) is 0 Å². The lowest BCUT2D eigenvalue weighted by Gasteiger charge is -2.14. The molecule has 0 fully saturated rings. The van der Waals surface area contributed by atoms with Crippen LogP contribution in [0.3, 0.4) is 0 Å². The molecule has 35 heavy (non-hydrogen) atoms. The summed E-state index contributed by atoms with van der Waals surface area (Å²) in [6.07, 6.45) is 35.0. The van der Waals surface area contributed by atoms with Gasteiger partial charge in [0, 0.05) is 25.3 Å². The van der Waals surface area contributed by atoms with Gasteiger partial charge in [-0.15, -0.1) is 0 Å². The molecule has 0 saturated carbocycles. The molecule has 0 aliphatic rings. The highest BCUT2D eigenvalue weighted by Crippen LogP contribution is 2.14. The van der Waals surface area contributed by atoms with Gasteiger partial charge in [-0.2, -0.15) is 0 Å². The topological polar surface area (TPSA) is 61.3 Å². The molecule has 2 atom stereocenters. The molecule has 4 N–H and O–H groups in total. The largest absolute Gasteiger partial charge is 0.381 e. The van der Waals surface area contributed by atoms with Gasteiger partial charge in [0.05, 0.1) is 0 Å². The smallest absolute Gasteiger partial charge is 0.0480 e. The summed E-state index contributed by atoms with van der Waals surface area (Å²) in [5, 5.41) is 0. The molecule has 3 nitrogen and oxygen atoms in total. The minimum absolute atomic E-state index is 0.304. The first-order valence-corrected chi connectivity index (χ1v) is 16.3. The third-order valence-corrected chi connectivity index (χ3v) is 7.62. The van der Waals surface area contributed by atoms with E-state index in [4.69, 9.17) is 16.2 Å². The zero-order chi connectivity index (χ0) is 25.7. The Morgan fingerprint density at radius 1 is 0.371 bits per heavy atom. The second-order valence-electron chi connectivity index (χ2n) is 11.4. The molecule has 212 valence electrons. The van der Waals surface area contributed by atoms with Crippen molar-refractivity contribution >= 4 is 0 Å². The van der Waals surface area contributed by atoms with E-state index in [1.165, 1.54) is 141 Å². The molecular formula is C32H68N2O. The number of rotatable bonds is 30. The summed E-state index contributed by atoms with van der Waals surface area (Å²) in [5.74, 6) is 0. The molecule has 0 amide bonds. The van der Waals surface area contributed by atoms with Gasteiger partial charge in [0.25, 0.3) is 0 Å². The molecule has 0 spiro atoms. The maximum atomic E-state index is 6.28. The number of unbranched alkanes of at least 4 members (excludes halogenated alkanes) is 20. The van der Waals surface area contributed by atoms with Crippen LogP contribution in [0.4, 0.5) is 0 Å². The maximum Gasteiger partial charge on any atom is 0.0480 e. The lowest BCUT2D eigenvalue weighted by atomic mass is 10.0. The molecule has 2 unspecified atom stereocenters. The van der Waals surface area contributed by atoms with Crippen molar-refractivity contribution in [3.05, 3.63) is 0 Å². The lowest BCUT2D eigenvalue weighted by molar-refractivity contribution is 0.119. The van der Waals surface area contributed by atoms with Crippen LogP contribution in [0.25, 0.3) is 0 Å². The number of nitrogens with two attached hydrogens (primary N) is 2. The van der Waals surface area contributed by atoms with Crippen molar-refractivity contribution in [2.24, 2.45) is 11.5 Å². The molecule has 0 radical (unpaired) electrons. The maximum absolute atomic E-state index is 6.28. The van der Waals surface area contributed by atoms with E-state index in [0.29, 0.717) is 12.1 Å². The van der Waals surface area contributed by atoms with Crippen LogP contribution in [0.15, 0.2) is 0 Å². The molecule has 0 aromatic rings. The fourth-order valence-electron chi connectivity index (χ4n) is 5.00. The Hall–Kier alpha value is -0.120. The van der Waals surface area contributed by atoms with Crippen LogP contribution < -0.4 is 11.5 Å². The highest BCUT2D eigenvalue weighted by molar-refractivity contribution is 4.63. The van der Waals surface area contributed by atoms with Crippen molar-refractivity contribution in [1.29, 1.82) is 0 Å². The van der Waals surface area contributed by atoms with Gasteiger partial charge < -0.3 is 16.2 Å². The fourth-order valence-corrected chi connectivity index (χ4v) is 5.00. The molecule has 0 heterocycles. The average molecular weight is 497 g/mol. The summed E-state index contributed by atoms with van der Waals surface area (Å²) < 4.78 is 5.83. The van der Waals surface area contributed by atoms with Crippen LogP contribution in [0.2, 0.25) is 0 Å². The molecule has 3 heteroatoms. The van der Waals surface area contributed by atoms with Crippen molar-refractivity contribution in [3.63, 3.8) is 0 Å². The lowest BCUT2D eigenvalue weighted by Crippen LogP contribution is -2.24. The average Bonchev–Trinajstić information content (AvgIpc) is 2.85. The van der Waals surface area contributed by atoms with Crippen molar-refractivity contribution in [3.8, 4) is 0 Å². The quantitative estimate of drug-likeness (QED) is 0.0972. The predicted octanol–water partition coefficient (Wildman–Crippen LogP) is 9.84. The van der Waals surface area contributed by atoms with Crippen molar-refractivity contribution in [2.75, 3.05) is 13.2 Å². The summed E-state index contributed by atoms with van der Waals surface area (Å²) in [6, 6.07) is 0.608.